The maximum absolute atomic E-state index is 12.8. The molecule has 0 aromatic heterocycles. The topological polar surface area (TPSA) is 84.2 Å². The first kappa shape index (κ1) is 15.0. The molecule has 1 unspecified atom stereocenters. The van der Waals surface area contributed by atoms with E-state index < -0.39 is 17.8 Å². The fraction of sp³-hybridized carbons (Fsp3) is 0.500. The van der Waals surface area contributed by atoms with Crippen molar-refractivity contribution in [3.05, 3.63) is 35.6 Å². The smallest absolute Gasteiger partial charge is 0.253 e. The van der Waals surface area contributed by atoms with E-state index in [4.69, 9.17) is 5.11 Å². The molecule has 0 aliphatic heterocycles. The van der Waals surface area contributed by atoms with Crippen LogP contribution in [0.1, 0.15) is 12.5 Å². The summed E-state index contributed by atoms with van der Waals surface area (Å²) >= 11 is 0. The largest absolute Gasteiger partial charge is 0.395 e. The highest BCUT2D eigenvalue weighted by atomic mass is 19.1. The maximum atomic E-state index is 12.8. The van der Waals surface area contributed by atoms with Gasteiger partial charge in [-0.25, -0.2) is 9.29 Å². The molecule has 6 heteroatoms. The van der Waals surface area contributed by atoms with E-state index in [1.54, 1.807) is 0 Å². The predicted molar refractivity (Wildman–Crippen MR) is 62.9 cm³/mol. The van der Waals surface area contributed by atoms with Gasteiger partial charge < -0.3 is 20.4 Å². The van der Waals surface area contributed by atoms with Crippen molar-refractivity contribution in [2.45, 2.75) is 18.9 Å². The third-order valence-electron chi connectivity index (χ3n) is 2.53. The van der Waals surface area contributed by atoms with Gasteiger partial charge in [0.2, 0.25) is 0 Å². The summed E-state index contributed by atoms with van der Waals surface area (Å²) in [5.41, 5.74) is 0.0676. The van der Waals surface area contributed by atoms with Crippen molar-refractivity contribution in [3.8, 4) is 0 Å². The van der Waals surface area contributed by atoms with Crippen molar-refractivity contribution in [3.63, 3.8) is 0 Å². The van der Waals surface area contributed by atoms with Crippen LogP contribution in [0.15, 0.2) is 24.3 Å². The second kappa shape index (κ2) is 6.21. The monoisotopic (exact) mass is 259 g/mol. The fourth-order valence-corrected chi connectivity index (χ4v) is 1.67. The van der Waals surface area contributed by atoms with Crippen LogP contribution in [-0.2, 0) is 5.91 Å². The lowest BCUT2D eigenvalue weighted by Crippen LogP contribution is -2.50. The molecule has 0 fully saturated rings. The molecular weight excluding hydrogens is 241 g/mol. The average molecular weight is 259 g/mol. The molecule has 0 bridgehead atoms. The molecule has 18 heavy (non-hydrogen) atoms. The van der Waals surface area contributed by atoms with Crippen LogP contribution in [0.4, 0.5) is 4.39 Å². The third-order valence-corrected chi connectivity index (χ3v) is 2.53. The van der Waals surface area contributed by atoms with Crippen LogP contribution in [-0.4, -0.2) is 51.1 Å². The van der Waals surface area contributed by atoms with Crippen molar-refractivity contribution in [1.29, 1.82) is 0 Å². The molecule has 1 rings (SSSR count). The molecular formula is C12H18FNO4. The molecule has 0 saturated carbocycles. The highest BCUT2D eigenvalue weighted by Gasteiger charge is 2.34. The van der Waals surface area contributed by atoms with E-state index in [-0.39, 0.29) is 25.3 Å². The lowest BCUT2D eigenvalue weighted by molar-refractivity contribution is -0.280. The number of aliphatic hydroxyl groups excluding tert-OH is 2. The van der Waals surface area contributed by atoms with Crippen LogP contribution in [0.25, 0.3) is 0 Å². The van der Waals surface area contributed by atoms with Crippen molar-refractivity contribution in [1.82, 2.24) is 4.90 Å². The van der Waals surface area contributed by atoms with E-state index in [2.05, 4.69) is 0 Å². The summed E-state index contributed by atoms with van der Waals surface area (Å²) in [5, 5.41) is 38.3. The summed E-state index contributed by atoms with van der Waals surface area (Å²) in [6.07, 6.45) is -0.796. The number of benzene rings is 1. The molecule has 1 aromatic rings. The molecule has 1 aromatic carbocycles. The molecule has 0 radical (unpaired) electrons. The number of nitrogens with zero attached hydrogens (tertiary/aromatic N) is 1. The van der Waals surface area contributed by atoms with E-state index in [0.29, 0.717) is 0 Å². The van der Waals surface area contributed by atoms with Gasteiger partial charge in [0.25, 0.3) is 5.91 Å². The lowest BCUT2D eigenvalue weighted by atomic mass is 10.1. The first-order valence-corrected chi connectivity index (χ1v) is 5.62. The van der Waals surface area contributed by atoms with E-state index in [1.807, 2.05) is 0 Å². The Kier molecular flexibility index (Phi) is 5.18. The first-order chi connectivity index (χ1) is 8.37. The normalized spacial score (nSPS) is 13.9. The number of hydrogen-bond acceptors (Lipinski definition) is 5. The van der Waals surface area contributed by atoms with Gasteiger partial charge in [-0.15, -0.1) is 0 Å². The molecule has 0 aliphatic carbocycles. The van der Waals surface area contributed by atoms with Gasteiger partial charge in [-0.2, -0.15) is 0 Å². The Morgan fingerprint density at radius 1 is 1.28 bits per heavy atom. The van der Waals surface area contributed by atoms with Crippen molar-refractivity contribution in [2.75, 3.05) is 19.7 Å². The number of rotatable bonds is 6. The number of halogens is 1. The van der Waals surface area contributed by atoms with Gasteiger partial charge in [0, 0.05) is 18.7 Å². The number of aliphatic hydroxyl groups is 4. The molecule has 0 aliphatic rings. The highest BCUT2D eigenvalue weighted by molar-refractivity contribution is 5.20. The summed E-state index contributed by atoms with van der Waals surface area (Å²) in [6, 6.07) is 4.69. The first-order valence-electron chi connectivity index (χ1n) is 5.62. The van der Waals surface area contributed by atoms with Crippen LogP contribution >= 0.6 is 0 Å². The zero-order chi connectivity index (χ0) is 13.8. The Labute approximate surface area is 105 Å². The quantitative estimate of drug-likeness (QED) is 0.522. The van der Waals surface area contributed by atoms with E-state index in [0.717, 1.165) is 17.0 Å². The van der Waals surface area contributed by atoms with Gasteiger partial charge in [0.1, 0.15) is 5.82 Å². The third kappa shape index (κ3) is 3.72. The van der Waals surface area contributed by atoms with Gasteiger partial charge in [0.05, 0.1) is 12.7 Å². The summed E-state index contributed by atoms with van der Waals surface area (Å²) in [7, 11) is 0. The molecule has 102 valence electrons. The minimum atomic E-state index is -2.37. The zero-order valence-electron chi connectivity index (χ0n) is 10.1. The van der Waals surface area contributed by atoms with Crippen LogP contribution in [0.3, 0.4) is 0 Å². The van der Waals surface area contributed by atoms with Gasteiger partial charge in [0.15, 0.2) is 0 Å². The van der Waals surface area contributed by atoms with E-state index >= 15 is 0 Å². The van der Waals surface area contributed by atoms with E-state index in [1.165, 1.54) is 19.1 Å². The SMILES string of the molecule is CC(O)CN(CCO)C(O)(O)c1ccc(F)cc1. The summed E-state index contributed by atoms with van der Waals surface area (Å²) < 4.78 is 12.8. The summed E-state index contributed by atoms with van der Waals surface area (Å²) in [4.78, 5) is 1.10. The van der Waals surface area contributed by atoms with Crippen LogP contribution in [0, 0.1) is 5.82 Å². The lowest BCUT2D eigenvalue weighted by Gasteiger charge is -2.35. The standard InChI is InChI=1S/C12H18FNO4/c1-9(16)8-14(6-7-15)12(17,18)10-2-4-11(13)5-3-10/h2-5,9,15-18H,6-8H2,1H3. The Morgan fingerprint density at radius 2 is 1.83 bits per heavy atom. The van der Waals surface area contributed by atoms with Gasteiger partial charge in [-0.3, -0.25) is 0 Å². The Bertz CT molecular complexity index is 367. The Hall–Kier alpha value is -1.05. The molecule has 0 spiro atoms. The Morgan fingerprint density at radius 3 is 2.28 bits per heavy atom. The van der Waals surface area contributed by atoms with Crippen molar-refractivity contribution in [2.24, 2.45) is 0 Å². The van der Waals surface area contributed by atoms with Crippen LogP contribution < -0.4 is 0 Å². The zero-order valence-corrected chi connectivity index (χ0v) is 10.1. The fourth-order valence-electron chi connectivity index (χ4n) is 1.67. The maximum Gasteiger partial charge on any atom is 0.253 e. The summed E-state index contributed by atoms with van der Waals surface area (Å²) in [6.45, 7) is 1.13. The highest BCUT2D eigenvalue weighted by Crippen LogP contribution is 2.23. The van der Waals surface area contributed by atoms with Crippen LogP contribution in [0.2, 0.25) is 0 Å². The van der Waals surface area contributed by atoms with Crippen molar-refractivity contribution >= 4 is 0 Å². The van der Waals surface area contributed by atoms with E-state index in [9.17, 15) is 19.7 Å². The molecule has 0 saturated heterocycles. The Balaban J connectivity index is 2.95. The molecule has 1 atom stereocenters. The molecule has 0 heterocycles. The van der Waals surface area contributed by atoms with Crippen molar-refractivity contribution < 1.29 is 24.8 Å². The minimum absolute atomic E-state index is 0.0325. The molecule has 4 N–H and O–H groups in total. The van der Waals surface area contributed by atoms with Gasteiger partial charge >= 0.3 is 0 Å². The summed E-state index contributed by atoms with van der Waals surface area (Å²) in [5.74, 6) is -2.85. The second-order valence-electron chi connectivity index (χ2n) is 4.16. The van der Waals surface area contributed by atoms with Crippen LogP contribution in [0.5, 0.6) is 0 Å². The molecule has 0 amide bonds. The minimum Gasteiger partial charge on any atom is -0.395 e. The number of hydrogen-bond donors (Lipinski definition) is 4. The predicted octanol–water partition coefficient (Wildman–Crippen LogP) is -0.404. The molecule has 5 nitrogen and oxygen atoms in total. The average Bonchev–Trinajstić information content (AvgIpc) is 2.28. The second-order valence-corrected chi connectivity index (χ2v) is 4.16. The van der Waals surface area contributed by atoms with Gasteiger partial charge in [-0.1, -0.05) is 0 Å². The van der Waals surface area contributed by atoms with Gasteiger partial charge in [-0.05, 0) is 31.2 Å².